The summed E-state index contributed by atoms with van der Waals surface area (Å²) < 4.78 is 0. The first-order valence-corrected chi connectivity index (χ1v) is 8.31. The van der Waals surface area contributed by atoms with Gasteiger partial charge in [-0.25, -0.2) is 0 Å². The number of aromatic amines is 1. The van der Waals surface area contributed by atoms with Crippen LogP contribution in [0.5, 0.6) is 0 Å². The zero-order valence-corrected chi connectivity index (χ0v) is 14.7. The molecule has 24 heavy (non-hydrogen) atoms. The SMILES string of the molecule is Cc1ccc(C(=O)NCC(C)(C)c2c(C)[nH]c3ccccc23)cc1. The molecule has 0 aliphatic carbocycles. The van der Waals surface area contributed by atoms with E-state index in [2.05, 4.69) is 49.3 Å². The number of amides is 1. The molecule has 1 heterocycles. The fourth-order valence-corrected chi connectivity index (χ4v) is 3.35. The molecule has 0 fully saturated rings. The molecule has 0 saturated heterocycles. The van der Waals surface area contributed by atoms with E-state index < -0.39 is 0 Å². The highest BCUT2D eigenvalue weighted by atomic mass is 16.1. The van der Waals surface area contributed by atoms with E-state index in [-0.39, 0.29) is 11.3 Å². The van der Waals surface area contributed by atoms with Crippen molar-refractivity contribution < 1.29 is 4.79 Å². The van der Waals surface area contributed by atoms with Gasteiger partial charge in [-0.2, -0.15) is 0 Å². The van der Waals surface area contributed by atoms with Crippen molar-refractivity contribution >= 4 is 16.8 Å². The van der Waals surface area contributed by atoms with Crippen LogP contribution < -0.4 is 5.32 Å². The number of carbonyl (C=O) groups is 1. The summed E-state index contributed by atoms with van der Waals surface area (Å²) in [5, 5.41) is 4.31. The van der Waals surface area contributed by atoms with Gasteiger partial charge in [0.1, 0.15) is 0 Å². The molecule has 3 nitrogen and oxygen atoms in total. The van der Waals surface area contributed by atoms with E-state index >= 15 is 0 Å². The molecule has 0 atom stereocenters. The molecule has 1 aromatic heterocycles. The first-order valence-electron chi connectivity index (χ1n) is 8.31. The molecule has 0 radical (unpaired) electrons. The first-order chi connectivity index (χ1) is 11.4. The van der Waals surface area contributed by atoms with Gasteiger partial charge in [0.05, 0.1) is 0 Å². The van der Waals surface area contributed by atoms with Gasteiger partial charge in [0.15, 0.2) is 0 Å². The highest BCUT2D eigenvalue weighted by molar-refractivity contribution is 5.94. The Kier molecular flexibility index (Phi) is 4.18. The third-order valence-corrected chi connectivity index (χ3v) is 4.57. The van der Waals surface area contributed by atoms with E-state index in [4.69, 9.17) is 0 Å². The van der Waals surface area contributed by atoms with Crippen LogP contribution in [-0.4, -0.2) is 17.4 Å². The molecule has 0 unspecified atom stereocenters. The Morgan fingerprint density at radius 2 is 1.71 bits per heavy atom. The summed E-state index contributed by atoms with van der Waals surface area (Å²) in [4.78, 5) is 15.8. The van der Waals surface area contributed by atoms with Gasteiger partial charge >= 0.3 is 0 Å². The number of nitrogens with one attached hydrogen (secondary N) is 2. The third-order valence-electron chi connectivity index (χ3n) is 4.57. The number of carbonyl (C=O) groups excluding carboxylic acids is 1. The van der Waals surface area contributed by atoms with Crippen molar-refractivity contribution in [2.24, 2.45) is 0 Å². The fraction of sp³-hybridized carbons (Fsp3) is 0.286. The van der Waals surface area contributed by atoms with Crippen LogP contribution in [0.25, 0.3) is 10.9 Å². The van der Waals surface area contributed by atoms with Crippen LogP contribution in [0, 0.1) is 13.8 Å². The molecule has 2 aromatic carbocycles. The lowest BCUT2D eigenvalue weighted by Crippen LogP contribution is -2.37. The molecule has 0 aliphatic rings. The molecular weight excluding hydrogens is 296 g/mol. The lowest BCUT2D eigenvalue weighted by Gasteiger charge is -2.26. The summed E-state index contributed by atoms with van der Waals surface area (Å²) in [6.45, 7) is 9.04. The van der Waals surface area contributed by atoms with E-state index in [1.165, 1.54) is 10.9 Å². The molecule has 2 N–H and O–H groups in total. The van der Waals surface area contributed by atoms with Gasteiger partial charge in [0.25, 0.3) is 5.91 Å². The van der Waals surface area contributed by atoms with E-state index in [9.17, 15) is 4.79 Å². The van der Waals surface area contributed by atoms with Crippen LogP contribution >= 0.6 is 0 Å². The normalized spacial score (nSPS) is 11.7. The van der Waals surface area contributed by atoms with Crippen molar-refractivity contribution in [2.75, 3.05) is 6.54 Å². The maximum Gasteiger partial charge on any atom is 0.251 e. The predicted molar refractivity (Wildman–Crippen MR) is 99.6 cm³/mol. The predicted octanol–water partition coefficient (Wildman–Crippen LogP) is 4.49. The van der Waals surface area contributed by atoms with Gasteiger partial charge in [-0.05, 0) is 37.6 Å². The molecule has 1 amide bonds. The lowest BCUT2D eigenvalue weighted by atomic mass is 9.82. The smallest absolute Gasteiger partial charge is 0.251 e. The zero-order valence-electron chi connectivity index (χ0n) is 14.7. The number of H-pyrrole nitrogens is 1. The standard InChI is InChI=1S/C21H24N2O/c1-14-9-11-16(12-10-14)20(24)22-13-21(3,4)19-15(2)23-18-8-6-5-7-17(18)19/h5-12,23H,13H2,1-4H3,(H,22,24). The summed E-state index contributed by atoms with van der Waals surface area (Å²) in [5.41, 5.74) is 5.26. The van der Waals surface area contributed by atoms with Crippen LogP contribution in [-0.2, 0) is 5.41 Å². The lowest BCUT2D eigenvalue weighted by molar-refractivity contribution is 0.0945. The van der Waals surface area contributed by atoms with E-state index in [1.54, 1.807) is 0 Å². The highest BCUT2D eigenvalue weighted by Gasteiger charge is 2.27. The van der Waals surface area contributed by atoms with Gasteiger partial charge < -0.3 is 10.3 Å². The minimum absolute atomic E-state index is 0.0273. The Hall–Kier alpha value is -2.55. The highest BCUT2D eigenvalue weighted by Crippen LogP contribution is 2.33. The molecule has 0 aliphatic heterocycles. The average molecular weight is 320 g/mol. The molecule has 124 valence electrons. The summed E-state index contributed by atoms with van der Waals surface area (Å²) in [7, 11) is 0. The second kappa shape index (κ2) is 6.16. The van der Waals surface area contributed by atoms with Crippen LogP contribution in [0.1, 0.15) is 41.0 Å². The molecule has 0 spiro atoms. The molecule has 3 rings (SSSR count). The van der Waals surface area contributed by atoms with Crippen molar-refractivity contribution in [3.63, 3.8) is 0 Å². The summed E-state index contributed by atoms with van der Waals surface area (Å²) >= 11 is 0. The molecule has 3 aromatic rings. The fourth-order valence-electron chi connectivity index (χ4n) is 3.35. The Morgan fingerprint density at radius 1 is 1.04 bits per heavy atom. The maximum absolute atomic E-state index is 12.4. The van der Waals surface area contributed by atoms with E-state index in [0.717, 1.165) is 16.8 Å². The van der Waals surface area contributed by atoms with Gasteiger partial charge in [-0.15, -0.1) is 0 Å². The Bertz CT molecular complexity index is 872. The first kappa shape index (κ1) is 16.3. The number of hydrogen-bond acceptors (Lipinski definition) is 1. The quantitative estimate of drug-likeness (QED) is 0.731. The second-order valence-corrected chi connectivity index (χ2v) is 7.10. The number of fused-ring (bicyclic) bond motifs is 1. The van der Waals surface area contributed by atoms with Crippen molar-refractivity contribution in [3.8, 4) is 0 Å². The number of aryl methyl sites for hydroxylation is 2. The Morgan fingerprint density at radius 3 is 2.42 bits per heavy atom. The largest absolute Gasteiger partial charge is 0.358 e. The maximum atomic E-state index is 12.4. The van der Waals surface area contributed by atoms with Crippen LogP contribution in [0.3, 0.4) is 0 Å². The summed E-state index contributed by atoms with van der Waals surface area (Å²) in [5.74, 6) is -0.0273. The van der Waals surface area contributed by atoms with Crippen LogP contribution in [0.2, 0.25) is 0 Å². The number of hydrogen-bond donors (Lipinski definition) is 2. The summed E-state index contributed by atoms with van der Waals surface area (Å²) in [6, 6.07) is 16.0. The number of rotatable bonds is 4. The Balaban J connectivity index is 1.81. The second-order valence-electron chi connectivity index (χ2n) is 7.10. The van der Waals surface area contributed by atoms with Crippen molar-refractivity contribution in [3.05, 3.63) is 70.9 Å². The third kappa shape index (κ3) is 3.07. The van der Waals surface area contributed by atoms with Gasteiger partial charge in [-0.1, -0.05) is 49.7 Å². The average Bonchev–Trinajstić information content (AvgIpc) is 2.90. The summed E-state index contributed by atoms with van der Waals surface area (Å²) in [6.07, 6.45) is 0. The number of aromatic nitrogens is 1. The monoisotopic (exact) mass is 320 g/mol. The minimum atomic E-state index is -0.163. The van der Waals surface area contributed by atoms with Gasteiger partial charge in [0.2, 0.25) is 0 Å². The molecule has 3 heteroatoms. The van der Waals surface area contributed by atoms with Crippen molar-refractivity contribution in [2.45, 2.75) is 33.1 Å². The molecule has 0 saturated carbocycles. The van der Waals surface area contributed by atoms with Gasteiger partial charge in [0, 0.05) is 34.1 Å². The van der Waals surface area contributed by atoms with Crippen LogP contribution in [0.15, 0.2) is 48.5 Å². The van der Waals surface area contributed by atoms with Crippen molar-refractivity contribution in [1.82, 2.24) is 10.3 Å². The number of benzene rings is 2. The zero-order chi connectivity index (χ0) is 17.3. The van der Waals surface area contributed by atoms with E-state index in [0.29, 0.717) is 12.1 Å². The minimum Gasteiger partial charge on any atom is -0.358 e. The molecule has 0 bridgehead atoms. The van der Waals surface area contributed by atoms with Crippen molar-refractivity contribution in [1.29, 1.82) is 0 Å². The topological polar surface area (TPSA) is 44.9 Å². The van der Waals surface area contributed by atoms with Crippen LogP contribution in [0.4, 0.5) is 0 Å². The van der Waals surface area contributed by atoms with Gasteiger partial charge in [-0.3, -0.25) is 4.79 Å². The van der Waals surface area contributed by atoms with E-state index in [1.807, 2.05) is 37.3 Å². The number of para-hydroxylation sites is 1. The Labute approximate surface area is 143 Å². The molecular formula is C21H24N2O.